The third-order valence-corrected chi connectivity index (χ3v) is 3.49. The monoisotopic (exact) mass is 291 g/mol. The Labute approximate surface area is 117 Å². The number of hydrogen-bond donors (Lipinski definition) is 7. The summed E-state index contributed by atoms with van der Waals surface area (Å²) < 4.78 is 0. The molecule has 7 nitrogen and oxygen atoms in total. The first-order chi connectivity index (χ1) is 8.96. The van der Waals surface area contributed by atoms with Gasteiger partial charge in [0.2, 0.25) is 0 Å². The smallest absolute Gasteiger partial charge is 0.166 e. The van der Waals surface area contributed by atoms with Gasteiger partial charge >= 0.3 is 0 Å². The Bertz CT molecular complexity index is 331. The van der Waals surface area contributed by atoms with Gasteiger partial charge in [0.15, 0.2) is 5.11 Å². The van der Waals surface area contributed by atoms with E-state index in [4.69, 9.17) is 12.2 Å². The van der Waals surface area contributed by atoms with Crippen molar-refractivity contribution >= 4 is 17.3 Å². The van der Waals surface area contributed by atoms with Gasteiger partial charge in [-0.3, -0.25) is 0 Å². The van der Waals surface area contributed by atoms with Crippen molar-refractivity contribution in [1.82, 2.24) is 16.0 Å². The average molecular weight is 291 g/mol. The molecule has 0 aromatic heterocycles. The van der Waals surface area contributed by atoms with Gasteiger partial charge in [-0.05, 0) is 12.2 Å². The molecular formula is C11H21N3O4S. The topological polar surface area (TPSA) is 117 Å². The number of nitrogens with one attached hydrogen (secondary N) is 3. The lowest BCUT2D eigenvalue weighted by molar-refractivity contribution is -0.131. The molecular weight excluding hydrogens is 270 g/mol. The van der Waals surface area contributed by atoms with Crippen LogP contribution in [0.15, 0.2) is 12.7 Å². The summed E-state index contributed by atoms with van der Waals surface area (Å²) in [5, 5.41) is 47.5. The highest BCUT2D eigenvalue weighted by Crippen LogP contribution is 2.20. The first-order valence-electron chi connectivity index (χ1n) is 5.99. The molecule has 4 unspecified atom stereocenters. The minimum atomic E-state index is -1.31. The van der Waals surface area contributed by atoms with Crippen LogP contribution < -0.4 is 16.0 Å². The molecule has 0 bridgehead atoms. The van der Waals surface area contributed by atoms with Crippen LogP contribution >= 0.6 is 12.2 Å². The van der Waals surface area contributed by atoms with Crippen LogP contribution in [0.25, 0.3) is 0 Å². The van der Waals surface area contributed by atoms with E-state index in [1.54, 1.807) is 6.08 Å². The Morgan fingerprint density at radius 1 is 1.42 bits per heavy atom. The van der Waals surface area contributed by atoms with Crippen LogP contribution in [0.5, 0.6) is 0 Å². The highest BCUT2D eigenvalue weighted by molar-refractivity contribution is 7.80. The first-order valence-corrected chi connectivity index (χ1v) is 6.40. The maximum atomic E-state index is 9.99. The summed E-state index contributed by atoms with van der Waals surface area (Å²) in [6.07, 6.45) is -2.05. The highest BCUT2D eigenvalue weighted by Gasteiger charge is 2.47. The predicted molar refractivity (Wildman–Crippen MR) is 74.6 cm³/mol. The molecule has 0 radical (unpaired) electrons. The number of piperidine rings is 1. The Kier molecular flexibility index (Phi) is 6.11. The van der Waals surface area contributed by atoms with E-state index in [0.29, 0.717) is 11.7 Å². The van der Waals surface area contributed by atoms with Gasteiger partial charge in [0.05, 0.1) is 18.2 Å². The third kappa shape index (κ3) is 3.85. The Hall–Kier alpha value is -0.770. The van der Waals surface area contributed by atoms with Crippen LogP contribution in [-0.4, -0.2) is 75.6 Å². The molecule has 1 aliphatic rings. The van der Waals surface area contributed by atoms with Crippen LogP contribution in [0.3, 0.4) is 0 Å². The maximum absolute atomic E-state index is 9.99. The average Bonchev–Trinajstić information content (AvgIpc) is 2.42. The van der Waals surface area contributed by atoms with Crippen LogP contribution in [0.1, 0.15) is 0 Å². The summed E-state index contributed by atoms with van der Waals surface area (Å²) in [6.45, 7) is 3.81. The van der Waals surface area contributed by atoms with E-state index in [1.165, 1.54) is 0 Å². The molecule has 1 rings (SSSR count). The van der Waals surface area contributed by atoms with Crippen LogP contribution in [0, 0.1) is 0 Å². The van der Waals surface area contributed by atoms with Crippen molar-refractivity contribution in [2.24, 2.45) is 0 Å². The van der Waals surface area contributed by atoms with E-state index in [9.17, 15) is 20.4 Å². The minimum absolute atomic E-state index is 0.0767. The Morgan fingerprint density at radius 3 is 2.68 bits per heavy atom. The summed E-state index contributed by atoms with van der Waals surface area (Å²) in [6, 6.07) is 0. The lowest BCUT2D eigenvalue weighted by atomic mass is 9.83. The molecule has 1 saturated heterocycles. The van der Waals surface area contributed by atoms with Gasteiger partial charge in [-0.25, -0.2) is 0 Å². The zero-order chi connectivity index (χ0) is 14.5. The fraction of sp³-hybridized carbons (Fsp3) is 0.727. The van der Waals surface area contributed by atoms with Gasteiger partial charge in [0, 0.05) is 19.6 Å². The molecule has 1 aliphatic heterocycles. The molecule has 1 heterocycles. The standard InChI is InChI=1S/C11H21N3O4S/c1-2-3-12-10(19)13-5-11(6-15)9(18)8(17)7(16)4-14-11/h2,7-9,14-18H,1,3-6H2,(H2,12,13,19). The molecule has 8 heteroatoms. The van der Waals surface area contributed by atoms with Crippen LogP contribution in [-0.2, 0) is 0 Å². The number of hydrogen-bond acceptors (Lipinski definition) is 6. The second-order valence-electron chi connectivity index (χ2n) is 4.55. The number of β-amino-alcohol motifs (C(OH)–C–C–N with tert-alkyl or cyclic N) is 1. The highest BCUT2D eigenvalue weighted by atomic mass is 32.1. The molecule has 0 aromatic carbocycles. The van der Waals surface area contributed by atoms with E-state index in [2.05, 4.69) is 22.5 Å². The van der Waals surface area contributed by atoms with Crippen molar-refractivity contribution < 1.29 is 20.4 Å². The van der Waals surface area contributed by atoms with Crippen molar-refractivity contribution in [2.45, 2.75) is 23.9 Å². The van der Waals surface area contributed by atoms with E-state index in [-0.39, 0.29) is 13.1 Å². The van der Waals surface area contributed by atoms with Crippen molar-refractivity contribution in [3.8, 4) is 0 Å². The van der Waals surface area contributed by atoms with Crippen molar-refractivity contribution in [2.75, 3.05) is 26.2 Å². The van der Waals surface area contributed by atoms with E-state index in [0.717, 1.165) is 0 Å². The lowest BCUT2D eigenvalue weighted by Crippen LogP contribution is -2.73. The maximum Gasteiger partial charge on any atom is 0.166 e. The molecule has 4 atom stereocenters. The van der Waals surface area contributed by atoms with Gasteiger partial charge in [0.25, 0.3) is 0 Å². The van der Waals surface area contributed by atoms with Crippen molar-refractivity contribution in [1.29, 1.82) is 0 Å². The Morgan fingerprint density at radius 2 is 2.11 bits per heavy atom. The van der Waals surface area contributed by atoms with Crippen LogP contribution in [0.4, 0.5) is 0 Å². The van der Waals surface area contributed by atoms with E-state index in [1.807, 2.05) is 0 Å². The van der Waals surface area contributed by atoms with E-state index < -0.39 is 30.5 Å². The SMILES string of the molecule is C=CCNC(=S)NCC1(CO)NCC(O)C(O)C1O. The van der Waals surface area contributed by atoms with Gasteiger partial charge in [-0.15, -0.1) is 6.58 Å². The normalized spacial score (nSPS) is 34.6. The second kappa shape index (κ2) is 7.13. The summed E-state index contributed by atoms with van der Waals surface area (Å²) in [5.74, 6) is 0. The summed E-state index contributed by atoms with van der Waals surface area (Å²) in [4.78, 5) is 0. The fourth-order valence-electron chi connectivity index (χ4n) is 1.91. The molecule has 110 valence electrons. The third-order valence-electron chi connectivity index (χ3n) is 3.20. The number of aliphatic hydroxyl groups excluding tert-OH is 4. The number of thiocarbonyl (C=S) groups is 1. The molecule has 1 fully saturated rings. The Balaban J connectivity index is 2.60. The molecule has 0 amide bonds. The fourth-order valence-corrected chi connectivity index (χ4v) is 2.06. The molecule has 19 heavy (non-hydrogen) atoms. The number of aliphatic hydroxyl groups is 4. The van der Waals surface area contributed by atoms with Crippen molar-refractivity contribution in [3.05, 3.63) is 12.7 Å². The minimum Gasteiger partial charge on any atom is -0.394 e. The van der Waals surface area contributed by atoms with Gasteiger partial charge in [0.1, 0.15) is 12.2 Å². The predicted octanol–water partition coefficient (Wildman–Crippen LogP) is -2.95. The van der Waals surface area contributed by atoms with Gasteiger partial charge < -0.3 is 36.4 Å². The van der Waals surface area contributed by atoms with E-state index >= 15 is 0 Å². The first kappa shape index (κ1) is 16.3. The van der Waals surface area contributed by atoms with Crippen LogP contribution in [0.2, 0.25) is 0 Å². The largest absolute Gasteiger partial charge is 0.394 e. The lowest BCUT2D eigenvalue weighted by Gasteiger charge is -2.45. The molecule has 0 spiro atoms. The molecule has 0 aliphatic carbocycles. The quantitative estimate of drug-likeness (QED) is 0.212. The van der Waals surface area contributed by atoms with Crippen molar-refractivity contribution in [3.63, 3.8) is 0 Å². The molecule has 0 saturated carbocycles. The second-order valence-corrected chi connectivity index (χ2v) is 4.96. The molecule has 0 aromatic rings. The number of rotatable bonds is 5. The summed E-state index contributed by atoms with van der Waals surface area (Å²) in [5.41, 5.74) is -1.15. The van der Waals surface area contributed by atoms with Gasteiger partial charge in [-0.1, -0.05) is 6.08 Å². The zero-order valence-corrected chi connectivity index (χ0v) is 11.4. The molecule has 7 N–H and O–H groups in total. The summed E-state index contributed by atoms with van der Waals surface area (Å²) in [7, 11) is 0. The van der Waals surface area contributed by atoms with Gasteiger partial charge in [-0.2, -0.15) is 0 Å². The zero-order valence-electron chi connectivity index (χ0n) is 10.5. The summed E-state index contributed by atoms with van der Waals surface area (Å²) >= 11 is 5.00.